The molecule has 0 heterocycles. The third kappa shape index (κ3) is 4.46. The number of benzene rings is 1. The highest BCUT2D eigenvalue weighted by Gasteiger charge is 2.33. The number of aliphatic carboxylic acids is 1. The summed E-state index contributed by atoms with van der Waals surface area (Å²) in [6.07, 6.45) is 2.89. The van der Waals surface area contributed by atoms with Gasteiger partial charge in [-0.25, -0.2) is 0 Å². The quantitative estimate of drug-likeness (QED) is 0.623. The SMILES string of the molecule is Cc1cc(N[C@@H]2C[C@H](C)CC(C)(C)C2)c([N+](=O)[O-])cc1CC(=O)O. The number of hydrogen-bond donors (Lipinski definition) is 2. The van der Waals surface area contributed by atoms with Crippen LogP contribution in [0.4, 0.5) is 11.4 Å². The summed E-state index contributed by atoms with van der Waals surface area (Å²) < 4.78 is 0. The van der Waals surface area contributed by atoms with Crippen LogP contribution in [0.15, 0.2) is 12.1 Å². The van der Waals surface area contributed by atoms with Crippen LogP contribution in [0.3, 0.4) is 0 Å². The number of aryl methyl sites for hydroxylation is 1. The topological polar surface area (TPSA) is 92.5 Å². The van der Waals surface area contributed by atoms with Gasteiger partial charge in [0.15, 0.2) is 0 Å². The smallest absolute Gasteiger partial charge is 0.307 e. The highest BCUT2D eigenvalue weighted by molar-refractivity contribution is 5.73. The number of nitrogens with zero attached hydrogens (tertiary/aromatic N) is 1. The second-order valence-corrected chi connectivity index (χ2v) is 7.88. The van der Waals surface area contributed by atoms with Crippen LogP contribution in [0.2, 0.25) is 0 Å². The van der Waals surface area contributed by atoms with Gasteiger partial charge in [0.25, 0.3) is 5.69 Å². The summed E-state index contributed by atoms with van der Waals surface area (Å²) in [5, 5.41) is 23.7. The van der Waals surface area contributed by atoms with Gasteiger partial charge < -0.3 is 10.4 Å². The maximum Gasteiger partial charge on any atom is 0.307 e. The van der Waals surface area contributed by atoms with E-state index < -0.39 is 10.9 Å². The van der Waals surface area contributed by atoms with Crippen molar-refractivity contribution in [1.29, 1.82) is 0 Å². The fraction of sp³-hybridized carbons (Fsp3) is 0.611. The Bertz CT molecular complexity index is 655. The highest BCUT2D eigenvalue weighted by atomic mass is 16.6. The van der Waals surface area contributed by atoms with Crippen molar-refractivity contribution in [3.05, 3.63) is 33.4 Å². The minimum atomic E-state index is -0.990. The van der Waals surface area contributed by atoms with Crippen LogP contribution in [0.5, 0.6) is 0 Å². The Morgan fingerprint density at radius 3 is 2.62 bits per heavy atom. The number of rotatable bonds is 5. The molecule has 0 spiro atoms. The molecule has 1 aliphatic rings. The number of hydrogen-bond acceptors (Lipinski definition) is 4. The molecule has 1 aliphatic carbocycles. The average Bonchev–Trinajstić information content (AvgIpc) is 2.38. The van der Waals surface area contributed by atoms with E-state index in [0.717, 1.165) is 24.8 Å². The van der Waals surface area contributed by atoms with Gasteiger partial charge in [0.05, 0.1) is 11.3 Å². The number of anilines is 1. The minimum Gasteiger partial charge on any atom is -0.481 e. The molecule has 1 fully saturated rings. The van der Waals surface area contributed by atoms with Gasteiger partial charge in [-0.05, 0) is 54.7 Å². The Labute approximate surface area is 142 Å². The van der Waals surface area contributed by atoms with Gasteiger partial charge in [-0.3, -0.25) is 14.9 Å². The van der Waals surface area contributed by atoms with Gasteiger partial charge in [0, 0.05) is 12.1 Å². The molecular formula is C18H26N2O4. The van der Waals surface area contributed by atoms with E-state index in [1.807, 2.05) is 0 Å². The summed E-state index contributed by atoms with van der Waals surface area (Å²) in [5.41, 5.74) is 1.89. The Morgan fingerprint density at radius 1 is 1.42 bits per heavy atom. The van der Waals surface area contributed by atoms with Crippen molar-refractivity contribution in [2.45, 2.75) is 59.4 Å². The van der Waals surface area contributed by atoms with E-state index in [4.69, 9.17) is 5.11 Å². The number of carbonyl (C=O) groups is 1. The van der Waals surface area contributed by atoms with Crippen molar-refractivity contribution in [1.82, 2.24) is 0 Å². The van der Waals surface area contributed by atoms with Gasteiger partial charge in [0.1, 0.15) is 5.69 Å². The van der Waals surface area contributed by atoms with Crippen molar-refractivity contribution in [2.75, 3.05) is 5.32 Å². The van der Waals surface area contributed by atoms with Gasteiger partial charge in [0.2, 0.25) is 0 Å². The summed E-state index contributed by atoms with van der Waals surface area (Å²) in [5.74, 6) is -0.423. The predicted octanol–water partition coefficient (Wildman–Crippen LogP) is 4.16. The molecule has 0 aliphatic heterocycles. The molecule has 0 amide bonds. The van der Waals surface area contributed by atoms with E-state index in [9.17, 15) is 14.9 Å². The van der Waals surface area contributed by atoms with E-state index in [-0.39, 0.29) is 23.6 Å². The first-order valence-electron chi connectivity index (χ1n) is 8.33. The van der Waals surface area contributed by atoms with Gasteiger partial charge >= 0.3 is 5.97 Å². The second-order valence-electron chi connectivity index (χ2n) is 7.88. The summed E-state index contributed by atoms with van der Waals surface area (Å²) >= 11 is 0. The van der Waals surface area contributed by atoms with Crippen LogP contribution in [-0.4, -0.2) is 22.0 Å². The summed E-state index contributed by atoms with van der Waals surface area (Å²) in [6.45, 7) is 8.46. The number of nitrogens with one attached hydrogen (secondary N) is 1. The largest absolute Gasteiger partial charge is 0.481 e. The lowest BCUT2D eigenvalue weighted by Gasteiger charge is -2.39. The zero-order chi connectivity index (χ0) is 18.1. The molecular weight excluding hydrogens is 308 g/mol. The zero-order valence-electron chi connectivity index (χ0n) is 14.8. The number of carboxylic acids is 1. The highest BCUT2D eigenvalue weighted by Crippen LogP contribution is 2.40. The van der Waals surface area contributed by atoms with E-state index in [0.29, 0.717) is 17.2 Å². The maximum atomic E-state index is 11.4. The minimum absolute atomic E-state index is 0.0483. The van der Waals surface area contributed by atoms with Crippen LogP contribution in [0, 0.1) is 28.4 Å². The average molecular weight is 334 g/mol. The maximum absolute atomic E-state index is 11.4. The third-order valence-electron chi connectivity index (χ3n) is 4.74. The van der Waals surface area contributed by atoms with E-state index >= 15 is 0 Å². The van der Waals surface area contributed by atoms with E-state index in [1.165, 1.54) is 6.07 Å². The molecule has 0 saturated heterocycles. The van der Waals surface area contributed by atoms with Crippen LogP contribution in [-0.2, 0) is 11.2 Å². The molecule has 0 radical (unpaired) electrons. The zero-order valence-corrected chi connectivity index (χ0v) is 14.8. The first-order valence-corrected chi connectivity index (χ1v) is 8.33. The summed E-state index contributed by atoms with van der Waals surface area (Å²) in [6, 6.07) is 3.29. The Hall–Kier alpha value is -2.11. The second kappa shape index (κ2) is 6.79. The fourth-order valence-electron chi connectivity index (χ4n) is 4.04. The standard InChI is InChI=1S/C18H26N2O4/c1-11-5-14(10-18(3,4)9-11)19-15-6-12(2)13(8-17(21)22)7-16(15)20(23)24/h6-7,11,14,19H,5,8-10H2,1-4H3,(H,21,22)/t11-,14+/m0/s1. The number of nitro groups is 1. The molecule has 1 saturated carbocycles. The molecule has 0 aromatic heterocycles. The van der Waals surface area contributed by atoms with Crippen molar-refractivity contribution >= 4 is 17.3 Å². The predicted molar refractivity (Wildman–Crippen MR) is 93.4 cm³/mol. The molecule has 24 heavy (non-hydrogen) atoms. The van der Waals surface area contributed by atoms with Crippen LogP contribution in [0.1, 0.15) is 51.2 Å². The van der Waals surface area contributed by atoms with E-state index in [2.05, 4.69) is 26.1 Å². The molecule has 6 heteroatoms. The number of nitro benzene ring substituents is 1. The Morgan fingerprint density at radius 2 is 2.08 bits per heavy atom. The first kappa shape index (κ1) is 18.2. The molecule has 2 atom stereocenters. The van der Waals surface area contributed by atoms with Gasteiger partial charge in [-0.2, -0.15) is 0 Å². The molecule has 1 aromatic rings. The molecule has 1 aromatic carbocycles. The van der Waals surface area contributed by atoms with Crippen LogP contribution in [0.25, 0.3) is 0 Å². The summed E-state index contributed by atoms with van der Waals surface area (Å²) in [4.78, 5) is 21.9. The van der Waals surface area contributed by atoms with Crippen molar-refractivity contribution in [3.63, 3.8) is 0 Å². The molecule has 0 unspecified atom stereocenters. The lowest BCUT2D eigenvalue weighted by Crippen LogP contribution is -2.35. The Kier molecular flexibility index (Phi) is 5.16. The monoisotopic (exact) mass is 334 g/mol. The lowest BCUT2D eigenvalue weighted by atomic mass is 9.70. The van der Waals surface area contributed by atoms with Crippen LogP contribution < -0.4 is 5.32 Å². The van der Waals surface area contributed by atoms with Crippen molar-refractivity contribution in [2.24, 2.45) is 11.3 Å². The Balaban J connectivity index is 2.30. The van der Waals surface area contributed by atoms with Crippen molar-refractivity contribution in [3.8, 4) is 0 Å². The molecule has 0 bridgehead atoms. The molecule has 6 nitrogen and oxygen atoms in total. The fourth-order valence-corrected chi connectivity index (χ4v) is 4.04. The first-order chi connectivity index (χ1) is 11.1. The molecule has 132 valence electrons. The van der Waals surface area contributed by atoms with Crippen molar-refractivity contribution < 1.29 is 14.8 Å². The summed E-state index contributed by atoms with van der Waals surface area (Å²) in [7, 11) is 0. The lowest BCUT2D eigenvalue weighted by molar-refractivity contribution is -0.384. The van der Waals surface area contributed by atoms with Gasteiger partial charge in [-0.1, -0.05) is 20.8 Å². The van der Waals surface area contributed by atoms with Gasteiger partial charge in [-0.15, -0.1) is 0 Å². The number of carboxylic acid groups (broad SMARTS) is 1. The normalized spacial score (nSPS) is 22.8. The van der Waals surface area contributed by atoms with E-state index in [1.54, 1.807) is 13.0 Å². The third-order valence-corrected chi connectivity index (χ3v) is 4.74. The molecule has 2 rings (SSSR count). The van der Waals surface area contributed by atoms with Crippen LogP contribution >= 0.6 is 0 Å². The molecule has 2 N–H and O–H groups in total.